The largest absolute Gasteiger partial charge is 0.497 e. The highest BCUT2D eigenvalue weighted by molar-refractivity contribution is 6.10. The van der Waals surface area contributed by atoms with Crippen LogP contribution in [0.25, 0.3) is 22.2 Å². The Kier molecular flexibility index (Phi) is 4.45. The fourth-order valence-electron chi connectivity index (χ4n) is 3.75. The third kappa shape index (κ3) is 3.00. The third-order valence-electron chi connectivity index (χ3n) is 5.18. The molecule has 0 unspecified atom stereocenters. The van der Waals surface area contributed by atoms with E-state index in [1.807, 2.05) is 35.2 Å². The smallest absolute Gasteiger partial charge is 0.340 e. The van der Waals surface area contributed by atoms with Crippen molar-refractivity contribution in [2.45, 2.75) is 6.42 Å². The number of methoxy groups -OCH3 is 1. The van der Waals surface area contributed by atoms with Crippen LogP contribution in [0.4, 0.5) is 5.69 Å². The summed E-state index contributed by atoms with van der Waals surface area (Å²) >= 11 is 0. The van der Waals surface area contributed by atoms with Gasteiger partial charge in [-0.05, 0) is 30.2 Å². The normalized spacial score (nSPS) is 16.8. The molecule has 3 N–H and O–H groups in total. The lowest BCUT2D eigenvalue weighted by Crippen LogP contribution is -2.23. The molecule has 4 rings (SSSR count). The van der Waals surface area contributed by atoms with Crippen molar-refractivity contribution >= 4 is 22.7 Å². The Hall–Kier alpha value is -3.06. The van der Waals surface area contributed by atoms with E-state index in [0.717, 1.165) is 23.3 Å². The summed E-state index contributed by atoms with van der Waals surface area (Å²) in [6, 6.07) is 9.51. The summed E-state index contributed by atoms with van der Waals surface area (Å²) in [7, 11) is 1.62. The minimum Gasteiger partial charge on any atom is -0.497 e. The van der Waals surface area contributed by atoms with Crippen molar-refractivity contribution in [3.63, 3.8) is 0 Å². The Morgan fingerprint density at radius 1 is 1.37 bits per heavy atom. The van der Waals surface area contributed by atoms with Crippen molar-refractivity contribution in [1.82, 2.24) is 9.97 Å². The molecular formula is C20H21N3O4. The molecule has 0 amide bonds. The molecule has 0 bridgehead atoms. The van der Waals surface area contributed by atoms with Gasteiger partial charge in [0.05, 0.1) is 30.2 Å². The van der Waals surface area contributed by atoms with Gasteiger partial charge >= 0.3 is 5.97 Å². The van der Waals surface area contributed by atoms with Crippen molar-refractivity contribution in [3.8, 4) is 16.9 Å². The minimum atomic E-state index is -0.993. The Morgan fingerprint density at radius 3 is 2.78 bits per heavy atom. The van der Waals surface area contributed by atoms with Gasteiger partial charge in [0.1, 0.15) is 11.3 Å². The van der Waals surface area contributed by atoms with Gasteiger partial charge in [-0.25, -0.2) is 9.78 Å². The number of aromatic amines is 1. The predicted octanol–water partition coefficient (Wildman–Crippen LogP) is 2.76. The number of carbonyl (C=O) groups is 1. The van der Waals surface area contributed by atoms with Crippen LogP contribution in [0.2, 0.25) is 0 Å². The van der Waals surface area contributed by atoms with Gasteiger partial charge in [0.25, 0.3) is 0 Å². The first-order chi connectivity index (χ1) is 13.1. The van der Waals surface area contributed by atoms with Gasteiger partial charge in [-0.2, -0.15) is 0 Å². The second-order valence-corrected chi connectivity index (χ2v) is 6.76. The van der Waals surface area contributed by atoms with E-state index in [0.29, 0.717) is 29.8 Å². The first-order valence-corrected chi connectivity index (χ1v) is 8.86. The van der Waals surface area contributed by atoms with Crippen LogP contribution >= 0.6 is 0 Å². The van der Waals surface area contributed by atoms with Crippen LogP contribution in [-0.4, -0.2) is 53.0 Å². The van der Waals surface area contributed by atoms with Crippen LogP contribution in [0.15, 0.2) is 36.7 Å². The molecule has 1 atom stereocenters. The standard InChI is InChI=1S/C20H21N3O4/c1-27-14-4-2-13(3-5-14)15-8-16(23-7-6-12(9-23)10-24)17(20(25)26)19-18(15)21-11-22-19/h2-5,8,11-12,24H,6-7,9-10H2,1H3,(H,21,22)(H,25,26)/t12-/m0/s1. The predicted molar refractivity (Wildman–Crippen MR) is 102 cm³/mol. The average molecular weight is 367 g/mol. The number of imidazole rings is 1. The summed E-state index contributed by atoms with van der Waals surface area (Å²) in [5.74, 6) is -0.0775. The number of benzene rings is 2. The Balaban J connectivity index is 1.90. The van der Waals surface area contributed by atoms with Crippen LogP contribution in [0.5, 0.6) is 5.75 Å². The zero-order valence-corrected chi connectivity index (χ0v) is 15.0. The Bertz CT molecular complexity index is 981. The Labute approximate surface area is 156 Å². The summed E-state index contributed by atoms with van der Waals surface area (Å²) in [4.78, 5) is 21.4. The molecule has 0 saturated carbocycles. The van der Waals surface area contributed by atoms with Gasteiger partial charge in [-0.1, -0.05) is 12.1 Å². The van der Waals surface area contributed by atoms with Crippen LogP contribution in [0, 0.1) is 5.92 Å². The second kappa shape index (κ2) is 6.92. The van der Waals surface area contributed by atoms with E-state index < -0.39 is 5.97 Å². The molecule has 1 aliphatic heterocycles. The summed E-state index contributed by atoms with van der Waals surface area (Å²) in [5, 5.41) is 19.3. The first-order valence-electron chi connectivity index (χ1n) is 8.86. The molecule has 27 heavy (non-hydrogen) atoms. The van der Waals surface area contributed by atoms with E-state index in [4.69, 9.17) is 4.74 Å². The van der Waals surface area contributed by atoms with E-state index in [2.05, 4.69) is 9.97 Å². The molecule has 1 saturated heterocycles. The molecule has 7 heteroatoms. The molecule has 1 aliphatic rings. The lowest BCUT2D eigenvalue weighted by Gasteiger charge is -2.22. The summed E-state index contributed by atoms with van der Waals surface area (Å²) in [6.07, 6.45) is 2.36. The fourth-order valence-corrected chi connectivity index (χ4v) is 3.75. The molecule has 2 heterocycles. The number of fused-ring (bicyclic) bond motifs is 1. The average Bonchev–Trinajstić information content (AvgIpc) is 3.36. The van der Waals surface area contributed by atoms with Crippen molar-refractivity contribution in [1.29, 1.82) is 0 Å². The number of ether oxygens (including phenoxy) is 1. The third-order valence-corrected chi connectivity index (χ3v) is 5.18. The van der Waals surface area contributed by atoms with Gasteiger partial charge < -0.3 is 24.8 Å². The van der Waals surface area contributed by atoms with Crippen molar-refractivity contribution in [2.24, 2.45) is 5.92 Å². The number of aliphatic hydroxyl groups is 1. The lowest BCUT2D eigenvalue weighted by atomic mass is 9.99. The highest BCUT2D eigenvalue weighted by atomic mass is 16.5. The molecule has 140 valence electrons. The van der Waals surface area contributed by atoms with Gasteiger partial charge in [-0.15, -0.1) is 0 Å². The molecular weight excluding hydrogens is 346 g/mol. The zero-order chi connectivity index (χ0) is 19.0. The molecule has 7 nitrogen and oxygen atoms in total. The van der Waals surface area contributed by atoms with Crippen LogP contribution in [-0.2, 0) is 0 Å². The van der Waals surface area contributed by atoms with Crippen molar-refractivity contribution in [3.05, 3.63) is 42.2 Å². The monoisotopic (exact) mass is 367 g/mol. The summed E-state index contributed by atoms with van der Waals surface area (Å²) in [5.41, 5.74) is 3.81. The highest BCUT2D eigenvalue weighted by Gasteiger charge is 2.28. The fraction of sp³-hybridized carbons (Fsp3) is 0.300. The van der Waals surface area contributed by atoms with Crippen LogP contribution in [0.3, 0.4) is 0 Å². The molecule has 0 spiro atoms. The maximum Gasteiger partial charge on any atom is 0.340 e. The molecule has 0 aliphatic carbocycles. The van der Waals surface area contributed by atoms with Crippen molar-refractivity contribution < 1.29 is 19.7 Å². The molecule has 1 aromatic heterocycles. The number of carboxylic acids is 1. The number of carboxylic acid groups (broad SMARTS) is 1. The van der Waals surface area contributed by atoms with Gasteiger partial charge in [-0.3, -0.25) is 0 Å². The van der Waals surface area contributed by atoms with E-state index in [1.54, 1.807) is 7.11 Å². The number of hydrogen-bond acceptors (Lipinski definition) is 5. The number of aromatic carboxylic acids is 1. The number of nitrogens with zero attached hydrogens (tertiary/aromatic N) is 2. The van der Waals surface area contributed by atoms with Crippen molar-refractivity contribution in [2.75, 3.05) is 31.7 Å². The maximum atomic E-state index is 12.0. The van der Waals surface area contributed by atoms with E-state index in [-0.39, 0.29) is 18.1 Å². The second-order valence-electron chi connectivity index (χ2n) is 6.76. The lowest BCUT2D eigenvalue weighted by molar-refractivity contribution is 0.0699. The van der Waals surface area contributed by atoms with E-state index in [1.165, 1.54) is 6.33 Å². The quantitative estimate of drug-likeness (QED) is 0.641. The minimum absolute atomic E-state index is 0.108. The maximum absolute atomic E-state index is 12.0. The SMILES string of the molecule is COc1ccc(-c2cc(N3CC[C@H](CO)C3)c(C(=O)O)c3[nH]cnc23)cc1. The molecule has 1 fully saturated rings. The van der Waals surface area contributed by atoms with Gasteiger partial charge in [0.2, 0.25) is 0 Å². The van der Waals surface area contributed by atoms with Gasteiger partial charge in [0, 0.05) is 31.2 Å². The van der Waals surface area contributed by atoms with Crippen LogP contribution < -0.4 is 9.64 Å². The highest BCUT2D eigenvalue weighted by Crippen LogP contribution is 2.38. The zero-order valence-electron chi connectivity index (χ0n) is 15.0. The Morgan fingerprint density at radius 2 is 2.15 bits per heavy atom. The summed E-state index contributed by atoms with van der Waals surface area (Å²) in [6.45, 7) is 1.46. The number of rotatable bonds is 5. The molecule has 3 aromatic rings. The number of anilines is 1. The number of H-pyrrole nitrogens is 1. The van der Waals surface area contributed by atoms with E-state index in [9.17, 15) is 15.0 Å². The molecule has 2 aromatic carbocycles. The molecule has 0 radical (unpaired) electrons. The van der Waals surface area contributed by atoms with Gasteiger partial charge in [0.15, 0.2) is 0 Å². The van der Waals surface area contributed by atoms with Crippen LogP contribution in [0.1, 0.15) is 16.8 Å². The number of aliphatic hydroxyl groups excluding tert-OH is 1. The topological polar surface area (TPSA) is 98.7 Å². The number of nitrogens with one attached hydrogen (secondary N) is 1. The summed E-state index contributed by atoms with van der Waals surface area (Å²) < 4.78 is 5.23. The van der Waals surface area contributed by atoms with E-state index >= 15 is 0 Å². The number of aromatic nitrogens is 2. The number of hydrogen-bond donors (Lipinski definition) is 3. The first kappa shape index (κ1) is 17.4.